The molecule has 0 bridgehead atoms. The van der Waals surface area contributed by atoms with Crippen LogP contribution < -0.4 is 10.5 Å². The Bertz CT molecular complexity index is 535. The van der Waals surface area contributed by atoms with Crippen molar-refractivity contribution in [3.05, 3.63) is 18.5 Å². The molecule has 3 rings (SSSR count). The molecule has 7 nitrogen and oxygen atoms in total. The molecule has 0 saturated heterocycles. The second-order valence-corrected chi connectivity index (χ2v) is 4.60. The van der Waals surface area contributed by atoms with Gasteiger partial charge in [0.05, 0.1) is 0 Å². The maximum Gasteiger partial charge on any atom is 0.323 e. The van der Waals surface area contributed by atoms with Gasteiger partial charge in [-0.25, -0.2) is 4.68 Å². The molecule has 0 amide bonds. The fraction of sp³-hybridized carbons (Fsp3) is 0.500. The van der Waals surface area contributed by atoms with Gasteiger partial charge in [0.1, 0.15) is 6.10 Å². The van der Waals surface area contributed by atoms with Gasteiger partial charge in [0, 0.05) is 12.4 Å². The van der Waals surface area contributed by atoms with E-state index in [9.17, 15) is 0 Å². The standard InChI is InChI=1S/C12H16N6O/c13-10-15-11(18-8-4-7-14-18)17-12(16-10)19-9-5-2-1-3-6-9/h4,7-9H,1-3,5-6H2,(H2,13,15,16,17). The minimum Gasteiger partial charge on any atom is -0.460 e. The zero-order valence-electron chi connectivity index (χ0n) is 10.6. The fourth-order valence-electron chi connectivity index (χ4n) is 2.24. The van der Waals surface area contributed by atoms with Crippen LogP contribution in [0.5, 0.6) is 6.01 Å². The summed E-state index contributed by atoms with van der Waals surface area (Å²) < 4.78 is 7.33. The number of hydrogen-bond acceptors (Lipinski definition) is 6. The van der Waals surface area contributed by atoms with Gasteiger partial charge >= 0.3 is 6.01 Å². The maximum absolute atomic E-state index is 5.79. The SMILES string of the molecule is Nc1nc(OC2CCCCC2)nc(-n2cccn2)n1. The van der Waals surface area contributed by atoms with Gasteiger partial charge in [-0.05, 0) is 31.7 Å². The number of aromatic nitrogens is 5. The van der Waals surface area contributed by atoms with Crippen LogP contribution in [-0.4, -0.2) is 30.8 Å². The van der Waals surface area contributed by atoms with Gasteiger partial charge in [0.25, 0.3) is 5.95 Å². The molecule has 1 aliphatic carbocycles. The molecule has 2 aromatic heterocycles. The van der Waals surface area contributed by atoms with Crippen LogP contribution >= 0.6 is 0 Å². The van der Waals surface area contributed by atoms with Crippen molar-refractivity contribution in [1.82, 2.24) is 24.7 Å². The third-order valence-corrected chi connectivity index (χ3v) is 3.15. The molecule has 1 saturated carbocycles. The molecule has 0 radical (unpaired) electrons. The first-order valence-corrected chi connectivity index (χ1v) is 6.49. The second-order valence-electron chi connectivity index (χ2n) is 4.60. The molecule has 2 heterocycles. The summed E-state index contributed by atoms with van der Waals surface area (Å²) in [6.07, 6.45) is 9.33. The molecule has 1 fully saturated rings. The van der Waals surface area contributed by atoms with E-state index in [0.29, 0.717) is 5.95 Å². The topological polar surface area (TPSA) is 91.7 Å². The largest absolute Gasteiger partial charge is 0.460 e. The summed E-state index contributed by atoms with van der Waals surface area (Å²) in [5, 5.41) is 4.07. The quantitative estimate of drug-likeness (QED) is 0.895. The van der Waals surface area contributed by atoms with Gasteiger partial charge in [0.2, 0.25) is 5.95 Å². The third kappa shape index (κ3) is 2.81. The average Bonchev–Trinajstić information content (AvgIpc) is 2.93. The lowest BCUT2D eigenvalue weighted by atomic mass is 9.98. The Kier molecular flexibility index (Phi) is 3.26. The number of nitrogens with zero attached hydrogens (tertiary/aromatic N) is 5. The molecule has 0 unspecified atom stereocenters. The minimum absolute atomic E-state index is 0.145. The van der Waals surface area contributed by atoms with Crippen molar-refractivity contribution >= 4 is 5.95 Å². The highest BCUT2D eigenvalue weighted by Gasteiger charge is 2.17. The summed E-state index contributed by atoms with van der Waals surface area (Å²) in [6, 6.07) is 2.08. The van der Waals surface area contributed by atoms with Crippen molar-refractivity contribution in [3.63, 3.8) is 0 Å². The Balaban J connectivity index is 1.81. The average molecular weight is 260 g/mol. The van der Waals surface area contributed by atoms with E-state index in [1.54, 1.807) is 18.5 Å². The first-order chi connectivity index (χ1) is 9.31. The molecule has 0 atom stereocenters. The summed E-state index contributed by atoms with van der Waals surface area (Å²) in [5.74, 6) is 0.523. The number of nitrogen functional groups attached to an aromatic ring is 1. The molecule has 2 N–H and O–H groups in total. The molecular weight excluding hydrogens is 244 g/mol. The third-order valence-electron chi connectivity index (χ3n) is 3.15. The second kappa shape index (κ2) is 5.21. The molecule has 100 valence electrons. The highest BCUT2D eigenvalue weighted by Crippen LogP contribution is 2.21. The Morgan fingerprint density at radius 3 is 2.74 bits per heavy atom. The smallest absolute Gasteiger partial charge is 0.323 e. The van der Waals surface area contributed by atoms with Crippen molar-refractivity contribution in [3.8, 4) is 12.0 Å². The van der Waals surface area contributed by atoms with Crippen molar-refractivity contribution in [2.75, 3.05) is 5.73 Å². The van der Waals surface area contributed by atoms with E-state index in [4.69, 9.17) is 10.5 Å². The lowest BCUT2D eigenvalue weighted by Crippen LogP contribution is -2.21. The molecular formula is C12H16N6O. The summed E-state index contributed by atoms with van der Waals surface area (Å²) in [4.78, 5) is 12.3. The van der Waals surface area contributed by atoms with Crippen LogP contribution in [0.2, 0.25) is 0 Å². The predicted molar refractivity (Wildman–Crippen MR) is 68.9 cm³/mol. The molecule has 1 aliphatic rings. The van der Waals surface area contributed by atoms with Crippen LogP contribution in [0.25, 0.3) is 5.95 Å². The first kappa shape index (κ1) is 11.9. The number of nitrogens with two attached hydrogens (primary N) is 1. The Morgan fingerprint density at radius 1 is 1.16 bits per heavy atom. The molecule has 0 aliphatic heterocycles. The number of hydrogen-bond donors (Lipinski definition) is 1. The van der Waals surface area contributed by atoms with E-state index in [2.05, 4.69) is 20.1 Å². The van der Waals surface area contributed by atoms with Crippen molar-refractivity contribution in [2.45, 2.75) is 38.2 Å². The molecule has 2 aromatic rings. The summed E-state index contributed by atoms with van der Waals surface area (Å²) in [5.41, 5.74) is 5.69. The summed E-state index contributed by atoms with van der Waals surface area (Å²) in [7, 11) is 0. The van der Waals surface area contributed by atoms with Crippen LogP contribution in [0.15, 0.2) is 18.5 Å². The van der Waals surface area contributed by atoms with Crippen LogP contribution in [0.3, 0.4) is 0 Å². The number of ether oxygens (including phenoxy) is 1. The molecule has 0 spiro atoms. The highest BCUT2D eigenvalue weighted by molar-refractivity contribution is 5.24. The Hall–Kier alpha value is -2.18. The molecule has 0 aromatic carbocycles. The minimum atomic E-state index is 0.145. The summed E-state index contributed by atoms with van der Waals surface area (Å²) >= 11 is 0. The van der Waals surface area contributed by atoms with Gasteiger partial charge < -0.3 is 10.5 Å². The van der Waals surface area contributed by atoms with Crippen molar-refractivity contribution in [1.29, 1.82) is 0 Å². The van der Waals surface area contributed by atoms with Crippen molar-refractivity contribution < 1.29 is 4.74 Å². The van der Waals surface area contributed by atoms with Crippen LogP contribution in [0.1, 0.15) is 32.1 Å². The zero-order valence-corrected chi connectivity index (χ0v) is 10.6. The van der Waals surface area contributed by atoms with Gasteiger partial charge in [0.15, 0.2) is 0 Å². The van der Waals surface area contributed by atoms with Crippen LogP contribution in [0.4, 0.5) is 5.95 Å². The van der Waals surface area contributed by atoms with Crippen LogP contribution in [0, 0.1) is 0 Å². The van der Waals surface area contributed by atoms with Crippen molar-refractivity contribution in [2.24, 2.45) is 0 Å². The van der Waals surface area contributed by atoms with Gasteiger partial charge in [-0.3, -0.25) is 0 Å². The maximum atomic E-state index is 5.79. The Morgan fingerprint density at radius 2 is 2.00 bits per heavy atom. The van der Waals surface area contributed by atoms with E-state index >= 15 is 0 Å². The molecule has 7 heteroatoms. The van der Waals surface area contributed by atoms with Crippen LogP contribution in [-0.2, 0) is 0 Å². The van der Waals surface area contributed by atoms with E-state index in [1.165, 1.54) is 23.9 Å². The van der Waals surface area contributed by atoms with Gasteiger partial charge in [-0.1, -0.05) is 6.42 Å². The van der Waals surface area contributed by atoms with E-state index < -0.39 is 0 Å². The predicted octanol–water partition coefficient (Wildman–Crippen LogP) is 1.35. The Labute approximate surface area is 110 Å². The molecule has 19 heavy (non-hydrogen) atoms. The highest BCUT2D eigenvalue weighted by atomic mass is 16.5. The van der Waals surface area contributed by atoms with Gasteiger partial charge in [-0.2, -0.15) is 20.1 Å². The number of anilines is 1. The van der Waals surface area contributed by atoms with E-state index in [0.717, 1.165) is 12.8 Å². The van der Waals surface area contributed by atoms with Gasteiger partial charge in [-0.15, -0.1) is 0 Å². The van der Waals surface area contributed by atoms with E-state index in [1.807, 2.05) is 0 Å². The normalized spacial score (nSPS) is 16.4. The monoisotopic (exact) mass is 260 g/mol. The fourth-order valence-corrected chi connectivity index (χ4v) is 2.24. The first-order valence-electron chi connectivity index (χ1n) is 6.49. The van der Waals surface area contributed by atoms with E-state index in [-0.39, 0.29) is 18.1 Å². The lowest BCUT2D eigenvalue weighted by Gasteiger charge is -2.21. The zero-order chi connectivity index (χ0) is 13.1. The lowest BCUT2D eigenvalue weighted by molar-refractivity contribution is 0.141. The summed E-state index contributed by atoms with van der Waals surface area (Å²) in [6.45, 7) is 0. The number of rotatable bonds is 3.